The van der Waals surface area contributed by atoms with E-state index in [4.69, 9.17) is 9.15 Å². The van der Waals surface area contributed by atoms with Crippen LogP contribution in [0.3, 0.4) is 0 Å². The fourth-order valence-corrected chi connectivity index (χ4v) is 2.32. The molecule has 130 valence electrons. The molecule has 0 aliphatic heterocycles. The molecule has 7 nitrogen and oxygen atoms in total. The van der Waals surface area contributed by atoms with Gasteiger partial charge in [-0.3, -0.25) is 15.0 Å². The van der Waals surface area contributed by atoms with Gasteiger partial charge < -0.3 is 9.15 Å². The van der Waals surface area contributed by atoms with Crippen molar-refractivity contribution in [2.75, 3.05) is 0 Å². The Hall–Kier alpha value is -3.49. The molecule has 4 aromatic heterocycles. The molecular formula is C17H11F2N5O2. The van der Waals surface area contributed by atoms with E-state index in [0.717, 1.165) is 10.9 Å². The van der Waals surface area contributed by atoms with Gasteiger partial charge in [-0.1, -0.05) is 0 Å². The zero-order valence-corrected chi connectivity index (χ0v) is 13.2. The van der Waals surface area contributed by atoms with E-state index in [2.05, 4.69) is 25.1 Å². The first-order valence-corrected chi connectivity index (χ1v) is 7.59. The molecule has 0 aromatic carbocycles. The van der Waals surface area contributed by atoms with Crippen LogP contribution in [0, 0.1) is 0 Å². The van der Waals surface area contributed by atoms with Crippen LogP contribution in [-0.4, -0.2) is 25.1 Å². The topological polar surface area (TPSA) is 86.8 Å². The van der Waals surface area contributed by atoms with Crippen LogP contribution in [-0.2, 0) is 6.61 Å². The third kappa shape index (κ3) is 3.18. The fraction of sp³-hybridized carbons (Fsp3) is 0.118. The van der Waals surface area contributed by atoms with Crippen LogP contribution in [0.4, 0.5) is 8.78 Å². The van der Waals surface area contributed by atoms with E-state index >= 15 is 0 Å². The van der Waals surface area contributed by atoms with Crippen LogP contribution in [0.1, 0.15) is 18.0 Å². The molecule has 0 aliphatic carbocycles. The maximum atomic E-state index is 12.5. The number of rotatable bonds is 5. The highest BCUT2D eigenvalue weighted by Crippen LogP contribution is 2.24. The minimum Gasteiger partial charge on any atom is -0.485 e. The van der Waals surface area contributed by atoms with E-state index in [9.17, 15) is 8.78 Å². The van der Waals surface area contributed by atoms with Crippen LogP contribution in [0.5, 0.6) is 5.75 Å². The summed E-state index contributed by atoms with van der Waals surface area (Å²) in [5.74, 6) is -0.131. The second-order valence-electron chi connectivity index (χ2n) is 5.28. The largest absolute Gasteiger partial charge is 0.485 e. The van der Waals surface area contributed by atoms with Crippen molar-refractivity contribution in [1.82, 2.24) is 25.1 Å². The van der Waals surface area contributed by atoms with Crippen LogP contribution >= 0.6 is 0 Å². The monoisotopic (exact) mass is 355 g/mol. The number of nitrogens with zero attached hydrogens (tertiary/aromatic N) is 5. The highest BCUT2D eigenvalue weighted by Gasteiger charge is 2.17. The van der Waals surface area contributed by atoms with E-state index < -0.39 is 12.3 Å². The van der Waals surface area contributed by atoms with Gasteiger partial charge in [0, 0.05) is 17.8 Å². The summed E-state index contributed by atoms with van der Waals surface area (Å²) in [4.78, 5) is 12.5. The van der Waals surface area contributed by atoms with Gasteiger partial charge in [0.2, 0.25) is 5.89 Å². The molecule has 26 heavy (non-hydrogen) atoms. The Bertz CT molecular complexity index is 1030. The number of hydrogen-bond acceptors (Lipinski definition) is 7. The average molecular weight is 355 g/mol. The quantitative estimate of drug-likeness (QED) is 0.540. The van der Waals surface area contributed by atoms with Crippen molar-refractivity contribution in [1.29, 1.82) is 0 Å². The molecule has 0 saturated carbocycles. The Morgan fingerprint density at radius 1 is 1.04 bits per heavy atom. The number of halogens is 2. The second-order valence-corrected chi connectivity index (χ2v) is 5.28. The first-order valence-electron chi connectivity index (χ1n) is 7.59. The summed E-state index contributed by atoms with van der Waals surface area (Å²) < 4.78 is 35.7. The standard InChI is InChI=1S/C17H11F2N5O2/c18-15(19)17-24-23-16(26-17)10-3-4-11(22-6-10)9-25-14-8-20-7-13-12(14)2-1-5-21-13/h1-8,15H,9H2. The second kappa shape index (κ2) is 6.79. The Labute approximate surface area is 145 Å². The molecule has 0 saturated heterocycles. The van der Waals surface area contributed by atoms with E-state index in [1.165, 1.54) is 6.20 Å². The Morgan fingerprint density at radius 2 is 1.96 bits per heavy atom. The van der Waals surface area contributed by atoms with Crippen molar-refractivity contribution in [3.8, 4) is 17.2 Å². The van der Waals surface area contributed by atoms with E-state index in [-0.39, 0.29) is 12.5 Å². The van der Waals surface area contributed by atoms with E-state index in [1.807, 2.05) is 12.1 Å². The van der Waals surface area contributed by atoms with Crippen molar-refractivity contribution >= 4 is 10.9 Å². The number of fused-ring (bicyclic) bond motifs is 1. The van der Waals surface area contributed by atoms with Gasteiger partial charge in [0.05, 0.1) is 29.2 Å². The Kier molecular flexibility index (Phi) is 4.18. The molecule has 0 bridgehead atoms. The van der Waals surface area contributed by atoms with Crippen molar-refractivity contribution in [3.63, 3.8) is 0 Å². The number of pyridine rings is 3. The lowest BCUT2D eigenvalue weighted by molar-refractivity contribution is 0.116. The van der Waals surface area contributed by atoms with E-state index in [0.29, 0.717) is 17.0 Å². The summed E-state index contributed by atoms with van der Waals surface area (Å²) in [5.41, 5.74) is 1.83. The number of aromatic nitrogens is 5. The van der Waals surface area contributed by atoms with Crippen molar-refractivity contribution in [3.05, 3.63) is 60.6 Å². The highest BCUT2D eigenvalue weighted by atomic mass is 19.3. The van der Waals surface area contributed by atoms with Crippen molar-refractivity contribution in [2.45, 2.75) is 13.0 Å². The van der Waals surface area contributed by atoms with Gasteiger partial charge in [0.1, 0.15) is 12.4 Å². The molecule has 0 aliphatic rings. The third-order valence-electron chi connectivity index (χ3n) is 3.57. The predicted molar refractivity (Wildman–Crippen MR) is 86.4 cm³/mol. The van der Waals surface area contributed by atoms with Crippen LogP contribution in [0.25, 0.3) is 22.4 Å². The molecule has 4 aromatic rings. The Morgan fingerprint density at radius 3 is 2.73 bits per heavy atom. The molecular weight excluding hydrogens is 344 g/mol. The minimum atomic E-state index is -2.80. The molecule has 0 amide bonds. The number of alkyl halides is 2. The van der Waals surface area contributed by atoms with Crippen LogP contribution in [0.2, 0.25) is 0 Å². The molecule has 0 fully saturated rings. The summed E-state index contributed by atoms with van der Waals surface area (Å²) >= 11 is 0. The molecule has 0 radical (unpaired) electrons. The molecule has 4 heterocycles. The molecule has 0 unspecified atom stereocenters. The SMILES string of the molecule is FC(F)c1nnc(-c2ccc(COc3cncc4ncccc34)nc2)o1. The molecule has 0 atom stereocenters. The summed E-state index contributed by atoms with van der Waals surface area (Å²) in [7, 11) is 0. The summed E-state index contributed by atoms with van der Waals surface area (Å²) in [6, 6.07) is 7.06. The zero-order chi connectivity index (χ0) is 17.9. The maximum Gasteiger partial charge on any atom is 0.314 e. The highest BCUT2D eigenvalue weighted by molar-refractivity contribution is 5.83. The summed E-state index contributed by atoms with van der Waals surface area (Å²) in [6.07, 6.45) is 3.62. The zero-order valence-electron chi connectivity index (χ0n) is 13.2. The molecule has 0 N–H and O–H groups in total. The van der Waals surface area contributed by atoms with Crippen molar-refractivity contribution in [2.24, 2.45) is 0 Å². The van der Waals surface area contributed by atoms with Gasteiger partial charge in [-0.15, -0.1) is 10.2 Å². The first-order chi connectivity index (χ1) is 12.7. The maximum absolute atomic E-state index is 12.5. The summed E-state index contributed by atoms with van der Waals surface area (Å²) in [5, 5.41) is 7.72. The van der Waals surface area contributed by atoms with Gasteiger partial charge in [0.15, 0.2) is 0 Å². The van der Waals surface area contributed by atoms with Gasteiger partial charge in [-0.25, -0.2) is 0 Å². The lowest BCUT2D eigenvalue weighted by Crippen LogP contribution is -1.99. The molecule has 0 spiro atoms. The lowest BCUT2D eigenvalue weighted by atomic mass is 10.2. The van der Waals surface area contributed by atoms with Crippen LogP contribution in [0.15, 0.2) is 53.5 Å². The van der Waals surface area contributed by atoms with Crippen LogP contribution < -0.4 is 4.74 Å². The third-order valence-corrected chi connectivity index (χ3v) is 3.57. The van der Waals surface area contributed by atoms with E-state index in [1.54, 1.807) is 30.7 Å². The smallest absolute Gasteiger partial charge is 0.314 e. The van der Waals surface area contributed by atoms with Gasteiger partial charge in [0.25, 0.3) is 5.89 Å². The fourth-order valence-electron chi connectivity index (χ4n) is 2.32. The predicted octanol–water partition coefficient (Wildman–Crippen LogP) is 3.59. The normalized spacial score (nSPS) is 11.2. The molecule has 4 rings (SSSR count). The Balaban J connectivity index is 1.49. The average Bonchev–Trinajstić information content (AvgIpc) is 3.17. The van der Waals surface area contributed by atoms with Gasteiger partial charge in [-0.05, 0) is 24.3 Å². The van der Waals surface area contributed by atoms with Gasteiger partial charge >= 0.3 is 6.43 Å². The number of ether oxygens (including phenoxy) is 1. The molecule has 9 heteroatoms. The lowest BCUT2D eigenvalue weighted by Gasteiger charge is -2.08. The summed E-state index contributed by atoms with van der Waals surface area (Å²) in [6.45, 7) is 0.210. The van der Waals surface area contributed by atoms with Crippen molar-refractivity contribution < 1.29 is 17.9 Å². The minimum absolute atomic E-state index is 0.00963. The number of hydrogen-bond donors (Lipinski definition) is 0. The van der Waals surface area contributed by atoms with Gasteiger partial charge in [-0.2, -0.15) is 8.78 Å². The first kappa shape index (κ1) is 16.0.